The Morgan fingerprint density at radius 1 is 1.25 bits per heavy atom. The van der Waals surface area contributed by atoms with Gasteiger partial charge in [-0.3, -0.25) is 18.7 Å². The maximum absolute atomic E-state index is 12.1. The molecule has 108 valence electrons. The average molecular weight is 280 g/mol. The largest absolute Gasteiger partial charge is 0.481 e. The van der Waals surface area contributed by atoms with E-state index in [1.165, 1.54) is 11.6 Å². The molecule has 0 saturated heterocycles. The molecule has 0 fully saturated rings. The topological polar surface area (TPSA) is 99.1 Å². The second kappa shape index (κ2) is 4.95. The lowest BCUT2D eigenvalue weighted by Crippen LogP contribution is -2.37. The highest BCUT2D eigenvalue weighted by Crippen LogP contribution is 2.12. The van der Waals surface area contributed by atoms with Crippen molar-refractivity contribution < 1.29 is 9.90 Å². The fraction of sp³-hybridized carbons (Fsp3) is 0.500. The molecule has 0 radical (unpaired) electrons. The molecule has 2 aromatic rings. The molecule has 0 saturated carbocycles. The van der Waals surface area contributed by atoms with Gasteiger partial charge in [-0.05, 0) is 6.42 Å². The summed E-state index contributed by atoms with van der Waals surface area (Å²) in [5.74, 6) is -0.743. The highest BCUT2D eigenvalue weighted by atomic mass is 16.4. The number of aliphatic carboxylic acids is 1. The van der Waals surface area contributed by atoms with Crippen molar-refractivity contribution >= 4 is 17.1 Å². The van der Waals surface area contributed by atoms with Gasteiger partial charge >= 0.3 is 11.7 Å². The zero-order valence-electron chi connectivity index (χ0n) is 11.6. The van der Waals surface area contributed by atoms with Gasteiger partial charge in [0.05, 0.1) is 0 Å². The van der Waals surface area contributed by atoms with Gasteiger partial charge in [0.15, 0.2) is 5.52 Å². The first kappa shape index (κ1) is 14.0. The third kappa shape index (κ3) is 2.02. The number of nitrogens with zero attached hydrogens (tertiary/aromatic N) is 4. The molecule has 2 heterocycles. The van der Waals surface area contributed by atoms with E-state index in [0.717, 1.165) is 11.0 Å². The quantitative estimate of drug-likeness (QED) is 0.811. The predicted molar refractivity (Wildman–Crippen MR) is 71.8 cm³/mol. The Hall–Kier alpha value is -2.38. The van der Waals surface area contributed by atoms with E-state index in [-0.39, 0.29) is 17.8 Å². The Morgan fingerprint density at radius 3 is 2.45 bits per heavy atom. The van der Waals surface area contributed by atoms with E-state index in [2.05, 4.69) is 4.98 Å². The summed E-state index contributed by atoms with van der Waals surface area (Å²) < 4.78 is 3.92. The normalized spacial score (nSPS) is 11.2. The van der Waals surface area contributed by atoms with Crippen molar-refractivity contribution in [2.75, 3.05) is 0 Å². The molecule has 2 aromatic heterocycles. The van der Waals surface area contributed by atoms with Crippen molar-refractivity contribution in [1.82, 2.24) is 18.7 Å². The van der Waals surface area contributed by atoms with Gasteiger partial charge in [-0.25, -0.2) is 9.78 Å². The standard InChI is InChI=1S/C12H16N4O4/c1-4-5-16-7(6-8(17)18)13-9-10(16)14(2)12(20)15(3)11(9)19/h4-6H2,1-3H3,(H,17,18). The number of imidazole rings is 1. The van der Waals surface area contributed by atoms with Crippen LogP contribution in [0.15, 0.2) is 9.59 Å². The van der Waals surface area contributed by atoms with Gasteiger partial charge in [-0.15, -0.1) is 0 Å². The molecule has 1 N–H and O–H groups in total. The molecule has 2 rings (SSSR count). The highest BCUT2D eigenvalue weighted by molar-refractivity contribution is 5.74. The molecule has 0 bridgehead atoms. The van der Waals surface area contributed by atoms with Crippen LogP contribution in [0.2, 0.25) is 0 Å². The van der Waals surface area contributed by atoms with E-state index in [1.807, 2.05) is 6.92 Å². The summed E-state index contributed by atoms with van der Waals surface area (Å²) >= 11 is 0. The van der Waals surface area contributed by atoms with Crippen LogP contribution in [0.3, 0.4) is 0 Å². The van der Waals surface area contributed by atoms with Crippen LogP contribution in [0, 0.1) is 0 Å². The lowest BCUT2D eigenvalue weighted by molar-refractivity contribution is -0.136. The molecule has 0 unspecified atom stereocenters. The van der Waals surface area contributed by atoms with Crippen LogP contribution in [0.5, 0.6) is 0 Å². The number of carbonyl (C=O) groups is 1. The maximum Gasteiger partial charge on any atom is 0.332 e. The van der Waals surface area contributed by atoms with Crippen LogP contribution in [0.1, 0.15) is 19.2 Å². The lowest BCUT2D eigenvalue weighted by Gasteiger charge is -2.09. The number of fused-ring (bicyclic) bond motifs is 1. The summed E-state index contributed by atoms with van der Waals surface area (Å²) in [6.07, 6.45) is 0.452. The van der Waals surface area contributed by atoms with Gasteiger partial charge in [-0.1, -0.05) is 6.92 Å². The summed E-state index contributed by atoms with van der Waals surface area (Å²) in [6, 6.07) is 0. The van der Waals surface area contributed by atoms with Gasteiger partial charge in [0.25, 0.3) is 5.56 Å². The smallest absolute Gasteiger partial charge is 0.332 e. The van der Waals surface area contributed by atoms with Crippen LogP contribution in [0.4, 0.5) is 0 Å². The number of hydrogen-bond acceptors (Lipinski definition) is 4. The van der Waals surface area contributed by atoms with Crippen molar-refractivity contribution in [3.8, 4) is 0 Å². The number of carboxylic acids is 1. The van der Waals surface area contributed by atoms with Crippen LogP contribution in [0.25, 0.3) is 11.2 Å². The van der Waals surface area contributed by atoms with E-state index in [4.69, 9.17) is 5.11 Å². The van der Waals surface area contributed by atoms with Crippen molar-refractivity contribution in [3.63, 3.8) is 0 Å². The second-order valence-electron chi connectivity index (χ2n) is 4.63. The third-order valence-electron chi connectivity index (χ3n) is 3.18. The molecule has 0 spiro atoms. The molecule has 0 aliphatic carbocycles. The Bertz CT molecular complexity index is 796. The minimum Gasteiger partial charge on any atom is -0.481 e. The van der Waals surface area contributed by atoms with Crippen LogP contribution < -0.4 is 11.2 Å². The number of hydrogen-bond donors (Lipinski definition) is 1. The van der Waals surface area contributed by atoms with E-state index in [1.54, 1.807) is 11.6 Å². The summed E-state index contributed by atoms with van der Waals surface area (Å²) in [5.41, 5.74) is -0.471. The van der Waals surface area contributed by atoms with Crippen molar-refractivity contribution in [3.05, 3.63) is 26.7 Å². The van der Waals surface area contributed by atoms with Crippen molar-refractivity contribution in [1.29, 1.82) is 0 Å². The average Bonchev–Trinajstić information content (AvgIpc) is 2.73. The van der Waals surface area contributed by atoms with Gasteiger partial charge in [0.2, 0.25) is 0 Å². The Balaban J connectivity index is 2.91. The first-order valence-corrected chi connectivity index (χ1v) is 6.25. The van der Waals surface area contributed by atoms with Crippen LogP contribution >= 0.6 is 0 Å². The second-order valence-corrected chi connectivity index (χ2v) is 4.63. The third-order valence-corrected chi connectivity index (χ3v) is 3.18. The monoisotopic (exact) mass is 280 g/mol. The number of aromatic nitrogens is 4. The van der Waals surface area contributed by atoms with E-state index < -0.39 is 17.2 Å². The number of aryl methyl sites for hydroxylation is 2. The molecule has 8 nitrogen and oxygen atoms in total. The summed E-state index contributed by atoms with van der Waals surface area (Å²) in [7, 11) is 2.92. The minimum absolute atomic E-state index is 0.124. The van der Waals surface area contributed by atoms with Crippen LogP contribution in [-0.4, -0.2) is 29.8 Å². The van der Waals surface area contributed by atoms with Gasteiger partial charge in [0, 0.05) is 20.6 Å². The number of carboxylic acid groups (broad SMARTS) is 1. The fourth-order valence-corrected chi connectivity index (χ4v) is 2.26. The Morgan fingerprint density at radius 2 is 1.90 bits per heavy atom. The SMILES string of the molecule is CCCn1c(CC(=O)O)nc2c(=O)n(C)c(=O)n(C)c21. The molecule has 8 heteroatoms. The predicted octanol–water partition coefficient (Wildman–Crippen LogP) is -0.529. The molecular weight excluding hydrogens is 264 g/mol. The summed E-state index contributed by atoms with van der Waals surface area (Å²) in [6.45, 7) is 2.43. The molecule has 0 amide bonds. The van der Waals surface area contributed by atoms with Gasteiger partial charge in [-0.2, -0.15) is 0 Å². The van der Waals surface area contributed by atoms with E-state index >= 15 is 0 Å². The first-order valence-electron chi connectivity index (χ1n) is 6.25. The van der Waals surface area contributed by atoms with Crippen LogP contribution in [-0.2, 0) is 31.9 Å². The summed E-state index contributed by atoms with van der Waals surface area (Å²) in [5, 5.41) is 8.93. The highest BCUT2D eigenvalue weighted by Gasteiger charge is 2.19. The minimum atomic E-state index is -1.03. The zero-order chi connectivity index (χ0) is 15.0. The molecule has 0 aromatic carbocycles. The van der Waals surface area contributed by atoms with Gasteiger partial charge in [0.1, 0.15) is 17.9 Å². The molecule has 0 aliphatic heterocycles. The van der Waals surface area contributed by atoms with E-state index in [0.29, 0.717) is 12.2 Å². The fourth-order valence-electron chi connectivity index (χ4n) is 2.26. The Kier molecular flexibility index (Phi) is 3.47. The molecule has 20 heavy (non-hydrogen) atoms. The maximum atomic E-state index is 12.1. The van der Waals surface area contributed by atoms with E-state index in [9.17, 15) is 14.4 Å². The van der Waals surface area contributed by atoms with Crippen molar-refractivity contribution in [2.24, 2.45) is 14.1 Å². The Labute approximate surface area is 113 Å². The molecule has 0 atom stereocenters. The molecular formula is C12H16N4O4. The van der Waals surface area contributed by atoms with Gasteiger partial charge < -0.3 is 9.67 Å². The zero-order valence-corrected chi connectivity index (χ0v) is 11.6. The number of rotatable bonds is 4. The summed E-state index contributed by atoms with van der Waals surface area (Å²) in [4.78, 5) is 39.1. The van der Waals surface area contributed by atoms with Crippen molar-refractivity contribution in [2.45, 2.75) is 26.3 Å². The lowest BCUT2D eigenvalue weighted by atomic mass is 10.4. The molecule has 0 aliphatic rings. The first-order chi connectivity index (χ1) is 9.38.